The minimum Gasteiger partial charge on any atom is -0.396 e. The molecule has 4 N–H and O–H groups in total. The molecule has 0 bridgehead atoms. The number of carbonyl (C=O) groups is 1. The number of aromatic nitrogens is 2. The Kier molecular flexibility index (Phi) is 2.14. The van der Waals surface area contributed by atoms with Gasteiger partial charge >= 0.3 is 0 Å². The minimum absolute atomic E-state index is 0.255. The first-order valence-corrected chi connectivity index (χ1v) is 3.64. The fourth-order valence-electron chi connectivity index (χ4n) is 0.795. The third-order valence-corrected chi connectivity index (χ3v) is 1.55. The summed E-state index contributed by atoms with van der Waals surface area (Å²) in [5.74, 6) is -0.255. The first-order valence-electron chi connectivity index (χ1n) is 3.64. The molecule has 0 radical (unpaired) electrons. The van der Waals surface area contributed by atoms with Crippen LogP contribution in [-0.4, -0.2) is 21.7 Å². The second-order valence-electron chi connectivity index (χ2n) is 2.74. The molecule has 1 heterocycles. The molecule has 0 unspecified atom stereocenters. The highest BCUT2D eigenvalue weighted by atomic mass is 16.2. The molecule has 0 aliphatic heterocycles. The van der Waals surface area contributed by atoms with Crippen molar-refractivity contribution >= 4 is 11.6 Å². The maximum Gasteiger partial charge on any atom is 0.263 e. The van der Waals surface area contributed by atoms with Crippen molar-refractivity contribution in [3.8, 4) is 0 Å². The first kappa shape index (κ1) is 8.73. The maximum atomic E-state index is 11.2. The standard InChI is InChI=1S/C7H12N4O/c1-4(8)7(12)11-3-6(9)5(2)10-11/h3-4H,8-9H2,1-2H3/t4-/m0/s1. The monoisotopic (exact) mass is 168 g/mol. The average Bonchev–Trinajstić information content (AvgIpc) is 2.30. The van der Waals surface area contributed by atoms with E-state index in [1.165, 1.54) is 10.9 Å². The summed E-state index contributed by atoms with van der Waals surface area (Å²) in [5, 5.41) is 3.89. The molecule has 5 heteroatoms. The molecule has 12 heavy (non-hydrogen) atoms. The van der Waals surface area contributed by atoms with E-state index in [1.54, 1.807) is 13.8 Å². The van der Waals surface area contributed by atoms with Crippen LogP contribution >= 0.6 is 0 Å². The van der Waals surface area contributed by atoms with E-state index >= 15 is 0 Å². The number of nitrogens with zero attached hydrogens (tertiary/aromatic N) is 2. The smallest absolute Gasteiger partial charge is 0.263 e. The largest absolute Gasteiger partial charge is 0.396 e. The lowest BCUT2D eigenvalue weighted by atomic mass is 10.3. The van der Waals surface area contributed by atoms with Crippen molar-refractivity contribution in [2.45, 2.75) is 19.9 Å². The van der Waals surface area contributed by atoms with Gasteiger partial charge in [-0.2, -0.15) is 5.10 Å². The summed E-state index contributed by atoms with van der Waals surface area (Å²) in [5.41, 5.74) is 12.0. The third-order valence-electron chi connectivity index (χ3n) is 1.55. The van der Waals surface area contributed by atoms with Gasteiger partial charge in [0.15, 0.2) is 0 Å². The average molecular weight is 168 g/mol. The van der Waals surface area contributed by atoms with E-state index < -0.39 is 6.04 Å². The lowest BCUT2D eigenvalue weighted by Crippen LogP contribution is -2.32. The van der Waals surface area contributed by atoms with Crippen LogP contribution in [-0.2, 0) is 0 Å². The predicted molar refractivity (Wildman–Crippen MR) is 45.7 cm³/mol. The van der Waals surface area contributed by atoms with Crippen molar-refractivity contribution in [3.05, 3.63) is 11.9 Å². The van der Waals surface area contributed by atoms with Crippen LogP contribution in [0.5, 0.6) is 0 Å². The Labute approximate surface area is 70.3 Å². The molecule has 1 rings (SSSR count). The Morgan fingerprint density at radius 3 is 2.67 bits per heavy atom. The van der Waals surface area contributed by atoms with Crippen LogP contribution in [0, 0.1) is 6.92 Å². The summed E-state index contributed by atoms with van der Waals surface area (Å²) in [4.78, 5) is 11.2. The van der Waals surface area contributed by atoms with Gasteiger partial charge in [-0.15, -0.1) is 0 Å². The summed E-state index contributed by atoms with van der Waals surface area (Å²) in [6.45, 7) is 3.34. The highest BCUT2D eigenvalue weighted by molar-refractivity contribution is 5.83. The van der Waals surface area contributed by atoms with Crippen LogP contribution in [0.1, 0.15) is 17.4 Å². The number of nitrogens with two attached hydrogens (primary N) is 2. The van der Waals surface area contributed by atoms with E-state index in [0.29, 0.717) is 11.4 Å². The zero-order chi connectivity index (χ0) is 9.30. The molecule has 0 aliphatic rings. The molecule has 5 nitrogen and oxygen atoms in total. The van der Waals surface area contributed by atoms with Gasteiger partial charge in [-0.25, -0.2) is 4.68 Å². The normalized spacial score (nSPS) is 12.9. The van der Waals surface area contributed by atoms with Gasteiger partial charge in [-0.1, -0.05) is 0 Å². The molecule has 0 fully saturated rings. The maximum absolute atomic E-state index is 11.2. The molecular weight excluding hydrogens is 156 g/mol. The van der Waals surface area contributed by atoms with Crippen LogP contribution < -0.4 is 11.5 Å². The van der Waals surface area contributed by atoms with Crippen LogP contribution in [0.4, 0.5) is 5.69 Å². The Morgan fingerprint density at radius 2 is 2.33 bits per heavy atom. The van der Waals surface area contributed by atoms with Gasteiger partial charge in [0.1, 0.15) is 0 Å². The van der Waals surface area contributed by atoms with Crippen LogP contribution in [0.3, 0.4) is 0 Å². The van der Waals surface area contributed by atoms with Gasteiger partial charge in [0, 0.05) is 0 Å². The lowest BCUT2D eigenvalue weighted by Gasteiger charge is -2.01. The molecular formula is C7H12N4O. The number of hydrogen-bond donors (Lipinski definition) is 2. The van der Waals surface area contributed by atoms with Gasteiger partial charge in [0.05, 0.1) is 23.6 Å². The quantitative estimate of drug-likeness (QED) is 0.606. The SMILES string of the molecule is Cc1nn(C(=O)[C@H](C)N)cc1N. The van der Waals surface area contributed by atoms with Crippen LogP contribution in [0.15, 0.2) is 6.20 Å². The van der Waals surface area contributed by atoms with Crippen LogP contribution in [0.25, 0.3) is 0 Å². The lowest BCUT2D eigenvalue weighted by molar-refractivity contribution is 0.0870. The number of nitrogen functional groups attached to an aromatic ring is 1. The molecule has 1 atom stereocenters. The summed E-state index contributed by atoms with van der Waals surface area (Å²) in [6.07, 6.45) is 1.47. The fraction of sp³-hybridized carbons (Fsp3) is 0.429. The summed E-state index contributed by atoms with van der Waals surface area (Å²) >= 11 is 0. The van der Waals surface area contributed by atoms with E-state index in [1.807, 2.05) is 0 Å². The molecule has 0 spiro atoms. The molecule has 0 amide bonds. The second kappa shape index (κ2) is 2.94. The molecule has 0 aliphatic carbocycles. The Hall–Kier alpha value is -1.36. The van der Waals surface area contributed by atoms with Gasteiger partial charge in [0.2, 0.25) is 0 Å². The number of aryl methyl sites for hydroxylation is 1. The van der Waals surface area contributed by atoms with Crippen molar-refractivity contribution in [2.75, 3.05) is 5.73 Å². The van der Waals surface area contributed by atoms with Gasteiger partial charge in [-0.05, 0) is 13.8 Å². The van der Waals surface area contributed by atoms with Gasteiger partial charge in [0.25, 0.3) is 5.91 Å². The molecule has 0 saturated heterocycles. The second-order valence-corrected chi connectivity index (χ2v) is 2.74. The number of anilines is 1. The minimum atomic E-state index is -0.552. The number of rotatable bonds is 1. The fourth-order valence-corrected chi connectivity index (χ4v) is 0.795. The molecule has 0 aromatic carbocycles. The van der Waals surface area contributed by atoms with Gasteiger partial charge < -0.3 is 11.5 Å². The first-order chi connectivity index (χ1) is 5.52. The number of hydrogen-bond acceptors (Lipinski definition) is 4. The van der Waals surface area contributed by atoms with Gasteiger partial charge in [-0.3, -0.25) is 4.79 Å². The number of carbonyl (C=O) groups excluding carboxylic acids is 1. The van der Waals surface area contributed by atoms with E-state index in [0.717, 1.165) is 0 Å². The van der Waals surface area contributed by atoms with Crippen LogP contribution in [0.2, 0.25) is 0 Å². The Morgan fingerprint density at radius 1 is 1.75 bits per heavy atom. The molecule has 66 valence electrons. The topological polar surface area (TPSA) is 86.9 Å². The predicted octanol–water partition coefficient (Wildman–Crippen LogP) is -0.239. The van der Waals surface area contributed by atoms with Crippen molar-refractivity contribution in [1.29, 1.82) is 0 Å². The van der Waals surface area contributed by atoms with E-state index in [9.17, 15) is 4.79 Å². The third kappa shape index (κ3) is 1.45. The molecule has 0 saturated carbocycles. The van der Waals surface area contributed by atoms with E-state index in [4.69, 9.17) is 11.5 Å². The molecule has 1 aromatic heterocycles. The van der Waals surface area contributed by atoms with E-state index in [2.05, 4.69) is 5.10 Å². The zero-order valence-corrected chi connectivity index (χ0v) is 7.11. The van der Waals surface area contributed by atoms with E-state index in [-0.39, 0.29) is 5.91 Å². The van der Waals surface area contributed by atoms with Crippen molar-refractivity contribution < 1.29 is 4.79 Å². The van der Waals surface area contributed by atoms with Crippen molar-refractivity contribution in [1.82, 2.24) is 9.78 Å². The Balaban J connectivity index is 2.97. The summed E-state index contributed by atoms with van der Waals surface area (Å²) < 4.78 is 1.18. The highest BCUT2D eigenvalue weighted by Crippen LogP contribution is 2.06. The molecule has 1 aromatic rings. The van der Waals surface area contributed by atoms with Crippen molar-refractivity contribution in [2.24, 2.45) is 5.73 Å². The Bertz CT molecular complexity index is 283. The van der Waals surface area contributed by atoms with Crippen molar-refractivity contribution in [3.63, 3.8) is 0 Å². The highest BCUT2D eigenvalue weighted by Gasteiger charge is 2.12. The summed E-state index contributed by atoms with van der Waals surface area (Å²) in [6, 6.07) is -0.552. The summed E-state index contributed by atoms with van der Waals surface area (Å²) in [7, 11) is 0. The zero-order valence-electron chi connectivity index (χ0n) is 7.11.